The van der Waals surface area contributed by atoms with Gasteiger partial charge >= 0.3 is 5.95 Å². The molecule has 55 heavy (non-hydrogen) atoms. The minimum atomic E-state index is -2.05. The molecule has 1 amide bonds. The predicted octanol–water partition coefficient (Wildman–Crippen LogP) is 6.70. The second kappa shape index (κ2) is 15.5. The van der Waals surface area contributed by atoms with Gasteiger partial charge in [-0.2, -0.15) is 0 Å². The van der Waals surface area contributed by atoms with E-state index in [1.54, 1.807) is 6.20 Å². The van der Waals surface area contributed by atoms with Gasteiger partial charge in [0.15, 0.2) is 5.71 Å². The summed E-state index contributed by atoms with van der Waals surface area (Å²) in [5.41, 5.74) is 9.65. The third-order valence-electron chi connectivity index (χ3n) is 13.0. The van der Waals surface area contributed by atoms with E-state index in [4.69, 9.17) is 0 Å². The van der Waals surface area contributed by atoms with E-state index in [9.17, 15) is 20.0 Å². The van der Waals surface area contributed by atoms with Gasteiger partial charge in [-0.25, -0.2) is 9.14 Å². The summed E-state index contributed by atoms with van der Waals surface area (Å²) < 4.78 is 3.96. The number of aliphatic hydroxyl groups is 1. The lowest BCUT2D eigenvalue weighted by Gasteiger charge is -2.38. The van der Waals surface area contributed by atoms with Crippen molar-refractivity contribution in [2.24, 2.45) is 11.8 Å². The minimum Gasteiger partial charge on any atom is -0.390 e. The van der Waals surface area contributed by atoms with Crippen molar-refractivity contribution in [2.45, 2.75) is 90.5 Å². The number of aromatic nitrogens is 2. The number of amides is 1. The van der Waals surface area contributed by atoms with Crippen molar-refractivity contribution >= 4 is 42.1 Å². The van der Waals surface area contributed by atoms with Crippen molar-refractivity contribution in [3.8, 4) is 0 Å². The zero-order valence-corrected chi connectivity index (χ0v) is 33.6. The van der Waals surface area contributed by atoms with Gasteiger partial charge in [0.1, 0.15) is 33.6 Å². The van der Waals surface area contributed by atoms with Crippen LogP contribution in [-0.4, -0.2) is 82.7 Å². The van der Waals surface area contributed by atoms with E-state index in [0.717, 1.165) is 57.4 Å². The van der Waals surface area contributed by atoms with Gasteiger partial charge in [0.25, 0.3) is 5.91 Å². The van der Waals surface area contributed by atoms with Crippen molar-refractivity contribution in [1.29, 1.82) is 0 Å². The van der Waals surface area contributed by atoms with E-state index in [1.807, 2.05) is 6.07 Å². The van der Waals surface area contributed by atoms with Crippen LogP contribution in [0.25, 0.3) is 5.57 Å². The molecule has 8 rings (SSSR count). The smallest absolute Gasteiger partial charge is 0.390 e. The van der Waals surface area contributed by atoms with Gasteiger partial charge in [0, 0.05) is 55.9 Å². The number of nitro groups is 1. The largest absolute Gasteiger partial charge is 0.434 e. The van der Waals surface area contributed by atoms with Crippen LogP contribution in [0.15, 0.2) is 77.8 Å². The molecule has 2 aliphatic carbocycles. The van der Waals surface area contributed by atoms with Crippen LogP contribution < -0.4 is 15.4 Å². The van der Waals surface area contributed by atoms with Gasteiger partial charge in [0.2, 0.25) is 0 Å². The van der Waals surface area contributed by atoms with Crippen molar-refractivity contribution in [3.05, 3.63) is 110 Å². The van der Waals surface area contributed by atoms with Crippen LogP contribution in [0.5, 0.6) is 0 Å². The number of carbonyl (C=O) groups excluding carboxylic acids is 1. The van der Waals surface area contributed by atoms with Crippen molar-refractivity contribution in [2.75, 3.05) is 37.6 Å². The SMILES string of the molecule is Cc1cc(C(=O)NCC2CCC(CC(O)Cn3ccnc3[N+](=O)[O-])CC2)ccc1C1=C2C=CC(=[N+]3CCCC3)C=C2[Si](C)(C)c2cc(N3CCCC3)ccc21. The van der Waals surface area contributed by atoms with E-state index in [-0.39, 0.29) is 18.4 Å². The molecule has 288 valence electrons. The van der Waals surface area contributed by atoms with Crippen LogP contribution in [0.1, 0.15) is 84.8 Å². The molecular formula is C44H55N6O4Si+. The number of hydrogen-bond donors (Lipinski definition) is 2. The normalized spacial score (nSPS) is 22.4. The molecule has 0 spiro atoms. The van der Waals surface area contributed by atoms with Gasteiger partial charge in [-0.3, -0.25) is 4.79 Å². The van der Waals surface area contributed by atoms with E-state index in [1.165, 1.54) is 80.5 Å². The second-order valence-electron chi connectivity index (χ2n) is 17.0. The Bertz CT molecular complexity index is 2110. The quantitative estimate of drug-likeness (QED) is 0.103. The molecule has 3 fully saturated rings. The third kappa shape index (κ3) is 7.53. The van der Waals surface area contributed by atoms with E-state index < -0.39 is 19.1 Å². The number of rotatable bonds is 10. The molecule has 2 saturated heterocycles. The highest BCUT2D eigenvalue weighted by atomic mass is 28.3. The lowest BCUT2D eigenvalue weighted by molar-refractivity contribution is -0.504. The molecule has 1 unspecified atom stereocenters. The second-order valence-corrected chi connectivity index (χ2v) is 21.3. The number of nitrogens with zero attached hydrogens (tertiary/aromatic N) is 5. The van der Waals surface area contributed by atoms with Crippen molar-refractivity contribution in [1.82, 2.24) is 14.9 Å². The number of aliphatic hydroxyl groups excluding tert-OH is 1. The number of carbonyl (C=O) groups is 1. The third-order valence-corrected chi connectivity index (χ3v) is 16.5. The van der Waals surface area contributed by atoms with Gasteiger partial charge in [-0.15, -0.1) is 0 Å². The molecule has 0 bridgehead atoms. The highest BCUT2D eigenvalue weighted by Crippen LogP contribution is 2.43. The first-order chi connectivity index (χ1) is 26.6. The van der Waals surface area contributed by atoms with Crippen LogP contribution >= 0.6 is 0 Å². The number of allylic oxidation sites excluding steroid dienone is 5. The van der Waals surface area contributed by atoms with Gasteiger partial charge in [-0.1, -0.05) is 43.1 Å². The molecule has 1 aromatic heterocycles. The molecule has 3 aliphatic heterocycles. The van der Waals surface area contributed by atoms with E-state index >= 15 is 0 Å². The lowest BCUT2D eigenvalue weighted by atomic mass is 9.79. The summed E-state index contributed by atoms with van der Waals surface area (Å²) >= 11 is 0. The summed E-state index contributed by atoms with van der Waals surface area (Å²) in [4.78, 5) is 30.6. The zero-order valence-electron chi connectivity index (χ0n) is 32.6. The molecule has 2 N–H and O–H groups in total. The van der Waals surface area contributed by atoms with Gasteiger partial charge in [0.05, 0.1) is 12.6 Å². The van der Waals surface area contributed by atoms with Crippen LogP contribution in [0.4, 0.5) is 11.6 Å². The van der Waals surface area contributed by atoms with Crippen molar-refractivity contribution in [3.63, 3.8) is 0 Å². The number of benzene rings is 2. The number of aryl methyl sites for hydroxylation is 1. The zero-order chi connectivity index (χ0) is 38.3. The average molecular weight is 760 g/mol. The molecule has 1 atom stereocenters. The fraction of sp³-hybridized carbons (Fsp3) is 0.477. The number of nitrogens with one attached hydrogen (secondary N) is 1. The molecule has 0 radical (unpaired) electrons. The molecule has 2 aromatic carbocycles. The topological polar surface area (TPSA) is 117 Å². The molecule has 4 heterocycles. The predicted molar refractivity (Wildman–Crippen MR) is 221 cm³/mol. The maximum atomic E-state index is 13.6. The minimum absolute atomic E-state index is 0.0392. The fourth-order valence-electron chi connectivity index (χ4n) is 9.86. The molecule has 1 saturated carbocycles. The molecule has 3 aromatic rings. The van der Waals surface area contributed by atoms with Crippen LogP contribution in [-0.2, 0) is 6.54 Å². The van der Waals surface area contributed by atoms with Crippen LogP contribution in [0.3, 0.4) is 0 Å². The first kappa shape index (κ1) is 37.3. The monoisotopic (exact) mass is 759 g/mol. The fourth-order valence-corrected chi connectivity index (χ4v) is 12.9. The first-order valence-corrected chi connectivity index (χ1v) is 23.5. The molecule has 5 aliphatic rings. The Hall–Kier alpha value is -4.61. The standard InChI is InChI=1S/C44H54N6O4Si/c1-30-24-33(43(52)46-28-32-10-8-31(9-11-32)25-36(51)29-49-23-18-45-44(49)50(53)54)12-15-37(30)42-38-16-13-34(47-19-4-5-20-47)26-40(38)55(2,3)41-27-35(14-17-39(41)42)48-21-6-7-22-48/h12-18,23-24,26-27,31-32,36,51H,4-11,19-22,25,28-29H2,1-3H3/p+1. The maximum Gasteiger partial charge on any atom is 0.434 e. The Morgan fingerprint density at radius 2 is 1.75 bits per heavy atom. The number of fused-ring (bicyclic) bond motifs is 2. The summed E-state index contributed by atoms with van der Waals surface area (Å²) in [6, 6.07) is 13.5. The summed E-state index contributed by atoms with van der Waals surface area (Å²) in [7, 11) is -2.05. The van der Waals surface area contributed by atoms with Crippen LogP contribution in [0, 0.1) is 28.9 Å². The first-order valence-electron chi connectivity index (χ1n) is 20.5. The Morgan fingerprint density at radius 3 is 2.47 bits per heavy atom. The van der Waals surface area contributed by atoms with Crippen LogP contribution in [0.2, 0.25) is 13.1 Å². The summed E-state index contributed by atoms with van der Waals surface area (Å²) in [6.45, 7) is 12.5. The lowest BCUT2D eigenvalue weighted by Crippen LogP contribution is -2.50. The van der Waals surface area contributed by atoms with Gasteiger partial charge in [-0.05, 0) is 124 Å². The van der Waals surface area contributed by atoms with E-state index in [2.05, 4.69) is 88.4 Å². The Morgan fingerprint density at radius 1 is 1.02 bits per heavy atom. The summed E-state index contributed by atoms with van der Waals surface area (Å²) in [5, 5.41) is 28.1. The number of hydrogen-bond acceptors (Lipinski definition) is 6. The number of anilines is 1. The van der Waals surface area contributed by atoms with E-state index in [0.29, 0.717) is 30.4 Å². The Kier molecular flexibility index (Phi) is 10.5. The van der Waals surface area contributed by atoms with Gasteiger partial charge < -0.3 is 25.4 Å². The highest BCUT2D eigenvalue weighted by Gasteiger charge is 2.41. The summed E-state index contributed by atoms with van der Waals surface area (Å²) in [6.07, 6.45) is 19.0. The molecule has 11 heteroatoms. The average Bonchev–Trinajstić information content (AvgIpc) is 3.99. The number of imidazole rings is 1. The summed E-state index contributed by atoms with van der Waals surface area (Å²) in [5.74, 6) is 0.471. The van der Waals surface area contributed by atoms with Crippen molar-refractivity contribution < 1.29 is 19.4 Å². The Labute approximate surface area is 325 Å². The highest BCUT2D eigenvalue weighted by molar-refractivity contribution is 6.98. The maximum absolute atomic E-state index is 13.6. The Balaban J connectivity index is 0.971. The molecular weight excluding hydrogens is 705 g/mol. The molecule has 10 nitrogen and oxygen atoms in total.